The molecule has 19 heavy (non-hydrogen) atoms. The molecule has 2 rings (SSSR count). The third-order valence-corrected chi connectivity index (χ3v) is 4.34. The van der Waals surface area contributed by atoms with E-state index in [1.807, 2.05) is 0 Å². The summed E-state index contributed by atoms with van der Waals surface area (Å²) < 4.78 is 5.47. The number of benzene rings is 1. The molecule has 106 valence electrons. The first-order valence-corrected chi connectivity index (χ1v) is 7.19. The summed E-state index contributed by atoms with van der Waals surface area (Å²) in [6.07, 6.45) is 3.85. The number of nitrogens with two attached hydrogens (primary N) is 1. The van der Waals surface area contributed by atoms with Gasteiger partial charge in [-0.15, -0.1) is 0 Å². The van der Waals surface area contributed by atoms with Gasteiger partial charge in [0.15, 0.2) is 0 Å². The molecule has 1 aromatic rings. The lowest BCUT2D eigenvalue weighted by molar-refractivity contribution is 0.191. The van der Waals surface area contributed by atoms with E-state index >= 15 is 0 Å². The van der Waals surface area contributed by atoms with Gasteiger partial charge in [0.2, 0.25) is 0 Å². The average molecular weight is 262 g/mol. The molecular weight excluding hydrogens is 236 g/mol. The van der Waals surface area contributed by atoms with Gasteiger partial charge in [0.1, 0.15) is 5.75 Å². The molecule has 0 amide bonds. The Labute approximate surface area is 116 Å². The van der Waals surface area contributed by atoms with Gasteiger partial charge in [0.25, 0.3) is 0 Å². The number of hydrogen-bond donors (Lipinski definition) is 1. The van der Waals surface area contributed by atoms with Crippen molar-refractivity contribution in [1.82, 2.24) is 4.90 Å². The fraction of sp³-hybridized carbons (Fsp3) is 0.625. The fourth-order valence-electron chi connectivity index (χ4n) is 3.29. The van der Waals surface area contributed by atoms with Gasteiger partial charge in [-0.05, 0) is 45.3 Å². The van der Waals surface area contributed by atoms with Crippen molar-refractivity contribution >= 4 is 0 Å². The van der Waals surface area contributed by atoms with Gasteiger partial charge in [0.05, 0.1) is 7.11 Å². The summed E-state index contributed by atoms with van der Waals surface area (Å²) in [5, 5.41) is 0. The third-order valence-electron chi connectivity index (χ3n) is 4.34. The second-order valence-electron chi connectivity index (χ2n) is 5.72. The van der Waals surface area contributed by atoms with Crippen LogP contribution in [0.4, 0.5) is 0 Å². The van der Waals surface area contributed by atoms with Gasteiger partial charge < -0.3 is 10.5 Å². The molecule has 2 atom stereocenters. The van der Waals surface area contributed by atoms with E-state index in [9.17, 15) is 0 Å². The molecule has 0 aliphatic heterocycles. The lowest BCUT2D eigenvalue weighted by atomic mass is 10.0. The van der Waals surface area contributed by atoms with Gasteiger partial charge in [0, 0.05) is 18.2 Å². The molecule has 3 heteroatoms. The lowest BCUT2D eigenvalue weighted by Crippen LogP contribution is -2.37. The van der Waals surface area contributed by atoms with Crippen LogP contribution in [0.1, 0.15) is 30.4 Å². The van der Waals surface area contributed by atoms with Crippen LogP contribution in [-0.2, 0) is 6.54 Å². The van der Waals surface area contributed by atoms with Crippen LogP contribution in [0.5, 0.6) is 5.75 Å². The molecule has 0 spiro atoms. The normalized spacial score (nSPS) is 23.0. The van der Waals surface area contributed by atoms with Crippen LogP contribution < -0.4 is 10.5 Å². The molecule has 1 aliphatic rings. The van der Waals surface area contributed by atoms with Crippen molar-refractivity contribution < 1.29 is 4.74 Å². The van der Waals surface area contributed by atoms with Crippen LogP contribution in [0.15, 0.2) is 18.2 Å². The van der Waals surface area contributed by atoms with Gasteiger partial charge in [-0.3, -0.25) is 4.90 Å². The van der Waals surface area contributed by atoms with Crippen molar-refractivity contribution in [2.75, 3.05) is 20.7 Å². The quantitative estimate of drug-likeness (QED) is 0.886. The van der Waals surface area contributed by atoms with E-state index in [1.165, 1.54) is 30.4 Å². The lowest BCUT2D eigenvalue weighted by Gasteiger charge is -2.29. The van der Waals surface area contributed by atoms with E-state index in [2.05, 4.69) is 37.1 Å². The number of methoxy groups -OCH3 is 1. The van der Waals surface area contributed by atoms with Gasteiger partial charge in [-0.1, -0.05) is 24.1 Å². The number of hydrogen-bond acceptors (Lipinski definition) is 3. The van der Waals surface area contributed by atoms with E-state index in [0.29, 0.717) is 12.0 Å². The first kappa shape index (κ1) is 14.4. The number of ether oxygens (including phenoxy) is 1. The van der Waals surface area contributed by atoms with E-state index < -0.39 is 0 Å². The zero-order chi connectivity index (χ0) is 13.8. The summed E-state index contributed by atoms with van der Waals surface area (Å²) in [4.78, 5) is 2.45. The molecule has 1 aliphatic carbocycles. The van der Waals surface area contributed by atoms with E-state index in [4.69, 9.17) is 10.5 Å². The molecule has 0 bridgehead atoms. The van der Waals surface area contributed by atoms with Gasteiger partial charge >= 0.3 is 0 Å². The van der Waals surface area contributed by atoms with Crippen molar-refractivity contribution in [2.45, 2.75) is 38.8 Å². The van der Waals surface area contributed by atoms with E-state index in [1.54, 1.807) is 7.11 Å². The minimum atomic E-state index is 0.621. The monoisotopic (exact) mass is 262 g/mol. The van der Waals surface area contributed by atoms with E-state index in [-0.39, 0.29) is 0 Å². The second-order valence-corrected chi connectivity index (χ2v) is 5.72. The predicted molar refractivity (Wildman–Crippen MR) is 79.4 cm³/mol. The zero-order valence-electron chi connectivity index (χ0n) is 12.4. The Bertz CT molecular complexity index is 419. The van der Waals surface area contributed by atoms with Crippen molar-refractivity contribution in [2.24, 2.45) is 11.7 Å². The van der Waals surface area contributed by atoms with Crippen LogP contribution in [0.2, 0.25) is 0 Å². The summed E-state index contributed by atoms with van der Waals surface area (Å²) in [6, 6.07) is 7.01. The molecule has 1 fully saturated rings. The number of rotatable bonds is 5. The molecule has 0 saturated heterocycles. The fourth-order valence-corrected chi connectivity index (χ4v) is 3.29. The van der Waals surface area contributed by atoms with Crippen LogP contribution >= 0.6 is 0 Å². The topological polar surface area (TPSA) is 38.5 Å². The Morgan fingerprint density at radius 3 is 2.84 bits per heavy atom. The van der Waals surface area contributed by atoms with Gasteiger partial charge in [-0.25, -0.2) is 0 Å². The maximum Gasteiger partial charge on any atom is 0.123 e. The first-order valence-electron chi connectivity index (χ1n) is 7.19. The second kappa shape index (κ2) is 6.40. The highest BCUT2D eigenvalue weighted by molar-refractivity contribution is 5.36. The molecule has 0 radical (unpaired) electrons. The molecule has 1 aromatic carbocycles. The molecule has 1 saturated carbocycles. The first-order chi connectivity index (χ1) is 9.15. The molecule has 3 nitrogen and oxygen atoms in total. The summed E-state index contributed by atoms with van der Waals surface area (Å²) in [6.45, 7) is 3.87. The third kappa shape index (κ3) is 3.28. The van der Waals surface area contributed by atoms with Crippen LogP contribution in [0.3, 0.4) is 0 Å². The summed E-state index contributed by atoms with van der Waals surface area (Å²) in [5.74, 6) is 1.64. The Hall–Kier alpha value is -1.06. The number of aryl methyl sites for hydroxylation is 1. The Balaban J connectivity index is 2.09. The summed E-state index contributed by atoms with van der Waals surface area (Å²) in [7, 11) is 3.95. The highest BCUT2D eigenvalue weighted by Gasteiger charge is 2.29. The minimum absolute atomic E-state index is 0.621. The summed E-state index contributed by atoms with van der Waals surface area (Å²) in [5.41, 5.74) is 8.44. The molecule has 0 aromatic heterocycles. The standard InChI is InChI=1S/C16H26N2O/c1-12-7-8-16(19-3)14(9-12)11-18(2)15-6-4-5-13(15)10-17/h7-9,13,15H,4-6,10-11,17H2,1-3H3. The van der Waals surface area contributed by atoms with Crippen LogP contribution in [0, 0.1) is 12.8 Å². The minimum Gasteiger partial charge on any atom is -0.496 e. The van der Waals surface area contributed by atoms with Gasteiger partial charge in [-0.2, -0.15) is 0 Å². The van der Waals surface area contributed by atoms with Crippen LogP contribution in [-0.4, -0.2) is 31.6 Å². The maximum absolute atomic E-state index is 5.88. The molecular formula is C16H26N2O. The van der Waals surface area contributed by atoms with Crippen molar-refractivity contribution in [3.05, 3.63) is 29.3 Å². The largest absolute Gasteiger partial charge is 0.496 e. The highest BCUT2D eigenvalue weighted by Crippen LogP contribution is 2.30. The molecule has 2 unspecified atom stereocenters. The van der Waals surface area contributed by atoms with Crippen molar-refractivity contribution in [1.29, 1.82) is 0 Å². The Kier molecular flexibility index (Phi) is 4.83. The van der Waals surface area contributed by atoms with E-state index in [0.717, 1.165) is 18.8 Å². The molecule has 0 heterocycles. The highest BCUT2D eigenvalue weighted by atomic mass is 16.5. The zero-order valence-corrected chi connectivity index (χ0v) is 12.4. The SMILES string of the molecule is COc1ccc(C)cc1CN(C)C1CCCC1CN. The van der Waals surface area contributed by atoms with Crippen molar-refractivity contribution in [3.63, 3.8) is 0 Å². The van der Waals surface area contributed by atoms with Crippen LogP contribution in [0.25, 0.3) is 0 Å². The molecule has 2 N–H and O–H groups in total. The summed E-state index contributed by atoms with van der Waals surface area (Å²) >= 11 is 0. The maximum atomic E-state index is 5.88. The predicted octanol–water partition coefficient (Wildman–Crippen LogP) is 2.56. The number of nitrogens with zero attached hydrogens (tertiary/aromatic N) is 1. The smallest absolute Gasteiger partial charge is 0.123 e. The Morgan fingerprint density at radius 1 is 1.37 bits per heavy atom. The Morgan fingerprint density at radius 2 is 2.16 bits per heavy atom. The average Bonchev–Trinajstić information content (AvgIpc) is 2.87. The van der Waals surface area contributed by atoms with Crippen molar-refractivity contribution in [3.8, 4) is 5.75 Å².